The molecule has 0 atom stereocenters. The molecule has 2 nitrogen and oxygen atoms in total. The Labute approximate surface area is 168 Å². The molecule has 2 heterocycles. The molecule has 2 aromatic carbocycles. The average Bonchev–Trinajstić information content (AvgIpc) is 2.94. The molecule has 0 fully saturated rings. The van der Waals surface area contributed by atoms with Crippen LogP contribution < -0.4 is 9.47 Å². The van der Waals surface area contributed by atoms with Crippen molar-refractivity contribution in [2.75, 3.05) is 11.4 Å². The van der Waals surface area contributed by atoms with E-state index < -0.39 is 0 Å². The second kappa shape index (κ2) is 7.27. The molecule has 0 amide bonds. The van der Waals surface area contributed by atoms with Gasteiger partial charge in [0.05, 0.1) is 5.39 Å². The molecule has 142 valence electrons. The normalized spacial score (nSPS) is 17.0. The quantitative estimate of drug-likeness (QED) is 0.522. The predicted molar refractivity (Wildman–Crippen MR) is 119 cm³/mol. The first-order valence-electron chi connectivity index (χ1n) is 10.2. The molecule has 0 aliphatic carbocycles. The zero-order valence-electron chi connectivity index (χ0n) is 17.3. The molecule has 2 heteroatoms. The number of anilines is 1. The first-order valence-corrected chi connectivity index (χ1v) is 10.2. The van der Waals surface area contributed by atoms with Gasteiger partial charge in [0.2, 0.25) is 5.52 Å². The SMILES string of the molecule is CCN1/C(=C\C=C\c2cc[n+](CC)c3ccccc23)C(C)(C)c2ccccc21. The molecule has 1 aliphatic rings. The number of benzene rings is 2. The number of allylic oxidation sites excluding steroid dienone is 3. The lowest BCUT2D eigenvalue weighted by molar-refractivity contribution is -0.667. The third kappa shape index (κ3) is 2.93. The first-order chi connectivity index (χ1) is 13.6. The van der Waals surface area contributed by atoms with Crippen LogP contribution in [-0.2, 0) is 12.0 Å². The molecule has 0 saturated heterocycles. The molecule has 3 aromatic rings. The minimum Gasteiger partial charge on any atom is -0.344 e. The molecule has 4 rings (SSSR count). The molecule has 0 radical (unpaired) electrons. The number of para-hydroxylation sites is 2. The summed E-state index contributed by atoms with van der Waals surface area (Å²) in [5, 5.41) is 1.29. The van der Waals surface area contributed by atoms with Gasteiger partial charge in [0, 0.05) is 35.5 Å². The van der Waals surface area contributed by atoms with Gasteiger partial charge in [-0.25, -0.2) is 0 Å². The Bertz CT molecular complexity index is 1070. The maximum atomic E-state index is 2.44. The van der Waals surface area contributed by atoms with Crippen molar-refractivity contribution in [3.8, 4) is 0 Å². The van der Waals surface area contributed by atoms with Crippen molar-refractivity contribution in [2.45, 2.75) is 39.7 Å². The number of nitrogens with zero attached hydrogens (tertiary/aromatic N) is 2. The summed E-state index contributed by atoms with van der Waals surface area (Å²) in [5.41, 5.74) is 6.66. The zero-order valence-corrected chi connectivity index (χ0v) is 17.3. The topological polar surface area (TPSA) is 7.12 Å². The minimum atomic E-state index is 0.0148. The van der Waals surface area contributed by atoms with Crippen molar-refractivity contribution in [2.24, 2.45) is 0 Å². The number of pyridine rings is 1. The Morgan fingerprint density at radius 2 is 1.71 bits per heavy atom. The van der Waals surface area contributed by atoms with Crippen LogP contribution >= 0.6 is 0 Å². The molecule has 1 aliphatic heterocycles. The van der Waals surface area contributed by atoms with Crippen LogP contribution in [0.4, 0.5) is 5.69 Å². The highest BCUT2D eigenvalue weighted by Gasteiger charge is 2.38. The van der Waals surface area contributed by atoms with Gasteiger partial charge in [-0.15, -0.1) is 0 Å². The molecule has 0 spiro atoms. The molecule has 28 heavy (non-hydrogen) atoms. The molecule has 0 bridgehead atoms. The Hall–Kier alpha value is -2.87. The van der Waals surface area contributed by atoms with Gasteiger partial charge in [-0.1, -0.05) is 56.3 Å². The molecule has 0 unspecified atom stereocenters. The van der Waals surface area contributed by atoms with Gasteiger partial charge in [0.25, 0.3) is 0 Å². The molecular formula is C26H29N2+. The van der Waals surface area contributed by atoms with E-state index in [9.17, 15) is 0 Å². The fraction of sp³-hybridized carbons (Fsp3) is 0.269. The lowest BCUT2D eigenvalue weighted by Crippen LogP contribution is -2.32. The second-order valence-electron chi connectivity index (χ2n) is 7.87. The number of hydrogen-bond donors (Lipinski definition) is 0. The summed E-state index contributed by atoms with van der Waals surface area (Å²) in [6.45, 7) is 11.0. The Balaban J connectivity index is 1.74. The summed E-state index contributed by atoms with van der Waals surface area (Å²) in [6.07, 6.45) is 8.92. The number of fused-ring (bicyclic) bond motifs is 2. The molecule has 0 saturated carbocycles. The number of rotatable bonds is 4. The zero-order chi connectivity index (χ0) is 19.7. The molecule has 0 N–H and O–H groups in total. The highest BCUT2D eigenvalue weighted by Crippen LogP contribution is 2.47. The summed E-state index contributed by atoms with van der Waals surface area (Å²) < 4.78 is 2.29. The van der Waals surface area contributed by atoms with Crippen molar-refractivity contribution in [1.29, 1.82) is 0 Å². The number of aryl methyl sites for hydroxylation is 1. The van der Waals surface area contributed by atoms with E-state index in [0.29, 0.717) is 0 Å². The average molecular weight is 370 g/mol. The third-order valence-corrected chi connectivity index (χ3v) is 5.94. The number of likely N-dealkylation sites (N-methyl/N-ethyl adjacent to an activating group) is 1. The minimum absolute atomic E-state index is 0.0148. The van der Waals surface area contributed by atoms with Crippen molar-refractivity contribution in [1.82, 2.24) is 0 Å². The van der Waals surface area contributed by atoms with E-state index in [0.717, 1.165) is 13.1 Å². The molecular weight excluding hydrogens is 340 g/mol. The van der Waals surface area contributed by atoms with E-state index in [1.165, 1.54) is 33.4 Å². The van der Waals surface area contributed by atoms with E-state index in [2.05, 4.69) is 116 Å². The summed E-state index contributed by atoms with van der Waals surface area (Å²) in [7, 11) is 0. The van der Waals surface area contributed by atoms with Crippen LogP contribution in [0.3, 0.4) is 0 Å². The summed E-state index contributed by atoms with van der Waals surface area (Å²) in [6, 6.07) is 19.6. The van der Waals surface area contributed by atoms with Crippen LogP contribution in [0, 0.1) is 0 Å². The van der Waals surface area contributed by atoms with E-state index >= 15 is 0 Å². The van der Waals surface area contributed by atoms with Crippen molar-refractivity contribution in [3.63, 3.8) is 0 Å². The van der Waals surface area contributed by atoms with E-state index in [1.54, 1.807) is 0 Å². The lowest BCUT2D eigenvalue weighted by Gasteiger charge is -2.25. The van der Waals surface area contributed by atoms with Crippen LogP contribution in [0.15, 0.2) is 78.6 Å². The van der Waals surface area contributed by atoms with Crippen LogP contribution in [-0.4, -0.2) is 6.54 Å². The van der Waals surface area contributed by atoms with E-state index in [1.807, 2.05) is 0 Å². The van der Waals surface area contributed by atoms with Gasteiger partial charge >= 0.3 is 0 Å². The maximum absolute atomic E-state index is 2.44. The van der Waals surface area contributed by atoms with E-state index in [4.69, 9.17) is 0 Å². The van der Waals surface area contributed by atoms with E-state index in [-0.39, 0.29) is 5.41 Å². The van der Waals surface area contributed by atoms with Crippen molar-refractivity contribution >= 4 is 22.7 Å². The van der Waals surface area contributed by atoms with Crippen LogP contribution in [0.25, 0.3) is 17.0 Å². The number of aromatic nitrogens is 1. The second-order valence-corrected chi connectivity index (χ2v) is 7.87. The van der Waals surface area contributed by atoms with Gasteiger partial charge < -0.3 is 4.90 Å². The Morgan fingerprint density at radius 3 is 2.50 bits per heavy atom. The van der Waals surface area contributed by atoms with Gasteiger partial charge in [0.15, 0.2) is 6.20 Å². The summed E-state index contributed by atoms with van der Waals surface area (Å²) in [5.74, 6) is 0. The maximum Gasteiger partial charge on any atom is 0.213 e. The smallest absolute Gasteiger partial charge is 0.213 e. The monoisotopic (exact) mass is 369 g/mol. The highest BCUT2D eigenvalue weighted by atomic mass is 15.2. The van der Waals surface area contributed by atoms with Crippen molar-refractivity contribution in [3.05, 3.63) is 89.8 Å². The van der Waals surface area contributed by atoms with Gasteiger partial charge in [-0.2, -0.15) is 4.57 Å². The highest BCUT2D eigenvalue weighted by molar-refractivity contribution is 5.85. The van der Waals surface area contributed by atoms with Crippen LogP contribution in [0.5, 0.6) is 0 Å². The Kier molecular flexibility index (Phi) is 4.80. The van der Waals surface area contributed by atoms with Crippen LogP contribution in [0.1, 0.15) is 38.8 Å². The lowest BCUT2D eigenvalue weighted by atomic mass is 9.84. The predicted octanol–water partition coefficient (Wildman–Crippen LogP) is 5.86. The van der Waals surface area contributed by atoms with Gasteiger partial charge in [0.1, 0.15) is 6.54 Å². The van der Waals surface area contributed by atoms with Gasteiger partial charge in [-0.05, 0) is 43.2 Å². The van der Waals surface area contributed by atoms with Crippen LogP contribution in [0.2, 0.25) is 0 Å². The summed E-state index contributed by atoms with van der Waals surface area (Å²) in [4.78, 5) is 2.44. The third-order valence-electron chi connectivity index (χ3n) is 5.94. The van der Waals surface area contributed by atoms with Gasteiger partial charge in [-0.3, -0.25) is 0 Å². The number of hydrogen-bond acceptors (Lipinski definition) is 1. The first kappa shape index (κ1) is 18.5. The van der Waals surface area contributed by atoms with Crippen molar-refractivity contribution < 1.29 is 4.57 Å². The Morgan fingerprint density at radius 1 is 0.964 bits per heavy atom. The fourth-order valence-electron chi connectivity index (χ4n) is 4.45. The summed E-state index contributed by atoms with van der Waals surface area (Å²) >= 11 is 0. The fourth-order valence-corrected chi connectivity index (χ4v) is 4.45. The largest absolute Gasteiger partial charge is 0.344 e. The standard InChI is InChI=1S/C26H29N2/c1-5-27-19-18-20(21-13-7-9-15-23(21)27)12-11-17-25-26(3,4)22-14-8-10-16-24(22)28(25)6-2/h7-19H,5-6H2,1-4H3/q+1. The molecule has 1 aromatic heterocycles.